The number of ether oxygens (including phenoxy) is 2. The highest BCUT2D eigenvalue weighted by Gasteiger charge is 2.43. The van der Waals surface area contributed by atoms with Crippen molar-refractivity contribution in [3.05, 3.63) is 23.8 Å². The molecule has 2 unspecified atom stereocenters. The lowest BCUT2D eigenvalue weighted by atomic mass is 9.99. The van der Waals surface area contributed by atoms with E-state index in [1.165, 1.54) is 4.90 Å². The number of anilines is 1. The maximum Gasteiger partial charge on any atom is 0.415 e. The van der Waals surface area contributed by atoms with Gasteiger partial charge in [0.2, 0.25) is 5.91 Å². The molecule has 0 spiro atoms. The summed E-state index contributed by atoms with van der Waals surface area (Å²) in [5, 5.41) is 0. The third kappa shape index (κ3) is 4.04. The summed E-state index contributed by atoms with van der Waals surface area (Å²) >= 11 is 0. The summed E-state index contributed by atoms with van der Waals surface area (Å²) in [6.45, 7) is 9.14. The van der Waals surface area contributed by atoms with E-state index in [0.29, 0.717) is 23.8 Å². The fraction of sp³-hybridized carbons (Fsp3) is 0.619. The van der Waals surface area contributed by atoms with Crippen LogP contribution in [-0.4, -0.2) is 48.7 Å². The number of likely N-dealkylation sites (tertiary alicyclic amines) is 1. The molecule has 2 heterocycles. The van der Waals surface area contributed by atoms with Crippen LogP contribution in [0.25, 0.3) is 0 Å². The number of amides is 2. The van der Waals surface area contributed by atoms with Crippen LogP contribution in [0, 0.1) is 5.92 Å². The van der Waals surface area contributed by atoms with Crippen molar-refractivity contribution in [2.24, 2.45) is 5.92 Å². The topological polar surface area (TPSA) is 59.1 Å². The van der Waals surface area contributed by atoms with Gasteiger partial charge < -0.3 is 14.4 Å². The van der Waals surface area contributed by atoms with Crippen LogP contribution in [0.5, 0.6) is 5.75 Å². The SMILES string of the molecule is COc1cccc2c1CC(C(=O)N1CCCC(C)C1)N2C(=O)OC(C)(C)C. The van der Waals surface area contributed by atoms with Gasteiger partial charge in [-0.3, -0.25) is 9.69 Å². The lowest BCUT2D eigenvalue weighted by molar-refractivity contribution is -0.134. The van der Waals surface area contributed by atoms with Gasteiger partial charge in [-0.25, -0.2) is 4.79 Å². The number of carbonyl (C=O) groups excluding carboxylic acids is 2. The third-order valence-corrected chi connectivity index (χ3v) is 5.14. The van der Waals surface area contributed by atoms with E-state index in [1.54, 1.807) is 7.11 Å². The van der Waals surface area contributed by atoms with Crippen molar-refractivity contribution in [1.29, 1.82) is 0 Å². The van der Waals surface area contributed by atoms with Crippen molar-refractivity contribution in [3.8, 4) is 5.75 Å². The molecule has 27 heavy (non-hydrogen) atoms. The first-order valence-electron chi connectivity index (χ1n) is 9.68. The predicted molar refractivity (Wildman–Crippen MR) is 104 cm³/mol. The van der Waals surface area contributed by atoms with Crippen molar-refractivity contribution in [3.63, 3.8) is 0 Å². The molecule has 1 fully saturated rings. The van der Waals surface area contributed by atoms with E-state index in [1.807, 2.05) is 43.9 Å². The summed E-state index contributed by atoms with van der Waals surface area (Å²) in [5.41, 5.74) is 0.952. The van der Waals surface area contributed by atoms with E-state index in [0.717, 1.165) is 31.5 Å². The molecule has 2 aliphatic heterocycles. The second-order valence-electron chi connectivity index (χ2n) is 8.56. The number of hydrogen-bond acceptors (Lipinski definition) is 4. The lowest BCUT2D eigenvalue weighted by Crippen LogP contribution is -2.52. The summed E-state index contributed by atoms with van der Waals surface area (Å²) in [6.07, 6.45) is 2.10. The second-order valence-corrected chi connectivity index (χ2v) is 8.56. The standard InChI is InChI=1S/C21H30N2O4/c1-14-8-7-11-22(13-14)19(24)17-12-15-16(9-6-10-18(15)26-5)23(17)20(25)27-21(2,3)4/h6,9-10,14,17H,7-8,11-13H2,1-5H3. The fourth-order valence-corrected chi connectivity index (χ4v) is 3.96. The molecule has 1 aromatic rings. The Bertz CT molecular complexity index is 725. The first kappa shape index (κ1) is 19.5. The van der Waals surface area contributed by atoms with Gasteiger partial charge in [-0.05, 0) is 51.7 Å². The van der Waals surface area contributed by atoms with Gasteiger partial charge in [-0.2, -0.15) is 0 Å². The minimum Gasteiger partial charge on any atom is -0.496 e. The zero-order chi connectivity index (χ0) is 19.8. The van der Waals surface area contributed by atoms with E-state index < -0.39 is 17.7 Å². The summed E-state index contributed by atoms with van der Waals surface area (Å²) in [5.74, 6) is 1.17. The number of carbonyl (C=O) groups is 2. The average molecular weight is 374 g/mol. The van der Waals surface area contributed by atoms with Crippen LogP contribution in [-0.2, 0) is 16.0 Å². The van der Waals surface area contributed by atoms with Crippen LogP contribution in [0.15, 0.2) is 18.2 Å². The number of piperidine rings is 1. The number of hydrogen-bond donors (Lipinski definition) is 0. The van der Waals surface area contributed by atoms with E-state index in [2.05, 4.69) is 6.92 Å². The molecule has 6 nitrogen and oxygen atoms in total. The maximum atomic E-state index is 13.3. The Morgan fingerprint density at radius 3 is 2.59 bits per heavy atom. The van der Waals surface area contributed by atoms with Crippen molar-refractivity contribution in [2.45, 2.75) is 58.6 Å². The fourth-order valence-electron chi connectivity index (χ4n) is 3.96. The highest BCUT2D eigenvalue weighted by Crippen LogP contribution is 2.40. The molecular formula is C21H30N2O4. The molecule has 0 bridgehead atoms. The molecule has 2 amide bonds. The Morgan fingerprint density at radius 1 is 1.22 bits per heavy atom. The van der Waals surface area contributed by atoms with Crippen molar-refractivity contribution < 1.29 is 19.1 Å². The van der Waals surface area contributed by atoms with Gasteiger partial charge in [0.15, 0.2) is 0 Å². The van der Waals surface area contributed by atoms with Gasteiger partial charge >= 0.3 is 6.09 Å². The largest absolute Gasteiger partial charge is 0.496 e. The van der Waals surface area contributed by atoms with Crippen LogP contribution >= 0.6 is 0 Å². The Labute approximate surface area is 161 Å². The van der Waals surface area contributed by atoms with Crippen LogP contribution < -0.4 is 9.64 Å². The Kier molecular flexibility index (Phi) is 5.36. The van der Waals surface area contributed by atoms with Gasteiger partial charge in [0.1, 0.15) is 17.4 Å². The zero-order valence-electron chi connectivity index (χ0n) is 16.9. The summed E-state index contributed by atoms with van der Waals surface area (Å²) in [7, 11) is 1.61. The van der Waals surface area contributed by atoms with Gasteiger partial charge in [-0.15, -0.1) is 0 Å². The zero-order valence-corrected chi connectivity index (χ0v) is 16.9. The van der Waals surface area contributed by atoms with Gasteiger partial charge in [0.25, 0.3) is 0 Å². The van der Waals surface area contributed by atoms with E-state index in [9.17, 15) is 9.59 Å². The number of benzene rings is 1. The van der Waals surface area contributed by atoms with Gasteiger partial charge in [-0.1, -0.05) is 13.0 Å². The molecule has 2 aliphatic rings. The molecule has 0 aromatic heterocycles. The van der Waals surface area contributed by atoms with E-state index in [-0.39, 0.29) is 5.91 Å². The van der Waals surface area contributed by atoms with Crippen molar-refractivity contribution in [2.75, 3.05) is 25.1 Å². The van der Waals surface area contributed by atoms with Gasteiger partial charge in [0.05, 0.1) is 12.8 Å². The molecule has 6 heteroatoms. The van der Waals surface area contributed by atoms with Crippen molar-refractivity contribution in [1.82, 2.24) is 4.90 Å². The molecule has 2 atom stereocenters. The lowest BCUT2D eigenvalue weighted by Gasteiger charge is -2.35. The molecule has 0 N–H and O–H groups in total. The summed E-state index contributed by atoms with van der Waals surface area (Å²) in [4.78, 5) is 29.7. The first-order valence-corrected chi connectivity index (χ1v) is 9.68. The minimum atomic E-state index is -0.633. The molecule has 0 saturated carbocycles. The smallest absolute Gasteiger partial charge is 0.415 e. The quantitative estimate of drug-likeness (QED) is 0.793. The number of nitrogens with zero attached hydrogens (tertiary/aromatic N) is 2. The molecule has 0 radical (unpaired) electrons. The normalized spacial score (nSPS) is 22.4. The molecule has 0 aliphatic carbocycles. The molecule has 3 rings (SSSR count). The minimum absolute atomic E-state index is 0.00865. The number of methoxy groups -OCH3 is 1. The van der Waals surface area contributed by atoms with Crippen LogP contribution in [0.4, 0.5) is 10.5 Å². The van der Waals surface area contributed by atoms with E-state index >= 15 is 0 Å². The summed E-state index contributed by atoms with van der Waals surface area (Å²) < 4.78 is 11.1. The Morgan fingerprint density at radius 2 is 1.96 bits per heavy atom. The summed E-state index contributed by atoms with van der Waals surface area (Å²) in [6, 6.07) is 4.97. The Hall–Kier alpha value is -2.24. The first-order chi connectivity index (χ1) is 12.7. The predicted octanol–water partition coefficient (Wildman–Crippen LogP) is 3.62. The molecule has 148 valence electrons. The van der Waals surface area contributed by atoms with Crippen molar-refractivity contribution >= 4 is 17.7 Å². The maximum absolute atomic E-state index is 13.3. The molecule has 1 saturated heterocycles. The van der Waals surface area contributed by atoms with Crippen LogP contribution in [0.2, 0.25) is 0 Å². The average Bonchev–Trinajstić information content (AvgIpc) is 2.99. The third-order valence-electron chi connectivity index (χ3n) is 5.14. The highest BCUT2D eigenvalue weighted by molar-refractivity contribution is 6.01. The number of rotatable bonds is 2. The van der Waals surface area contributed by atoms with Crippen LogP contribution in [0.3, 0.4) is 0 Å². The molecule has 1 aromatic carbocycles. The number of fused-ring (bicyclic) bond motifs is 1. The van der Waals surface area contributed by atoms with Crippen LogP contribution in [0.1, 0.15) is 46.1 Å². The Balaban J connectivity index is 1.94. The monoisotopic (exact) mass is 374 g/mol. The van der Waals surface area contributed by atoms with E-state index in [4.69, 9.17) is 9.47 Å². The highest BCUT2D eigenvalue weighted by atomic mass is 16.6. The van der Waals surface area contributed by atoms with Gasteiger partial charge in [0, 0.05) is 25.1 Å². The second kappa shape index (κ2) is 7.41. The molecular weight excluding hydrogens is 344 g/mol.